The number of hydrogen-bond donors (Lipinski definition) is 1. The van der Waals surface area contributed by atoms with Gasteiger partial charge in [0.15, 0.2) is 6.61 Å². The van der Waals surface area contributed by atoms with E-state index in [4.69, 9.17) is 21.6 Å². The Bertz CT molecular complexity index is 754. The highest BCUT2D eigenvalue weighted by Crippen LogP contribution is 2.25. The van der Waals surface area contributed by atoms with Crippen LogP contribution in [0.5, 0.6) is 5.75 Å². The minimum absolute atomic E-state index is 0.0347. The maximum atomic E-state index is 12.0. The van der Waals surface area contributed by atoms with E-state index in [2.05, 4.69) is 5.32 Å². The molecular weight excluding hydrogens is 338 g/mol. The maximum Gasteiger partial charge on any atom is 0.258 e. The van der Waals surface area contributed by atoms with Crippen LogP contribution < -0.4 is 10.1 Å². The Morgan fingerprint density at radius 3 is 2.52 bits per heavy atom. The third kappa shape index (κ3) is 5.49. The monoisotopic (exact) mass is 357 g/mol. The molecule has 5 nitrogen and oxygen atoms in total. The third-order valence-electron chi connectivity index (χ3n) is 3.73. The summed E-state index contributed by atoms with van der Waals surface area (Å²) in [5.74, 6) is 0.327. The highest BCUT2D eigenvalue weighted by Gasteiger charge is 2.17. The first-order chi connectivity index (χ1) is 12.0. The average molecular weight is 358 g/mol. The van der Waals surface area contributed by atoms with Gasteiger partial charge in [-0.3, -0.25) is 4.79 Å². The molecule has 1 atom stereocenters. The number of carbonyl (C=O) groups excluding carboxylic acids is 1. The molecule has 0 spiro atoms. The van der Waals surface area contributed by atoms with Gasteiger partial charge in [0.2, 0.25) is 0 Å². The van der Waals surface area contributed by atoms with E-state index in [9.17, 15) is 4.79 Å². The molecule has 0 bridgehead atoms. The minimum atomic E-state index is -0.219. The van der Waals surface area contributed by atoms with Crippen molar-refractivity contribution in [2.75, 3.05) is 27.2 Å². The molecule has 6 heteroatoms. The van der Waals surface area contributed by atoms with E-state index in [1.165, 1.54) is 0 Å². The van der Waals surface area contributed by atoms with E-state index in [0.717, 1.165) is 5.56 Å². The molecule has 0 aliphatic carbocycles. The van der Waals surface area contributed by atoms with Crippen molar-refractivity contribution >= 4 is 17.5 Å². The molecule has 0 fully saturated rings. The van der Waals surface area contributed by atoms with Crippen LogP contribution in [0.4, 0.5) is 0 Å². The molecule has 2 aromatic rings. The fourth-order valence-electron chi connectivity index (χ4n) is 2.35. The number of halogens is 1. The summed E-state index contributed by atoms with van der Waals surface area (Å²) in [4.78, 5) is 14.0. The number of nitrogens with zero attached hydrogens (tertiary/aromatic N) is 2. The second kappa shape index (κ2) is 9.07. The Morgan fingerprint density at radius 2 is 1.92 bits per heavy atom. The average Bonchev–Trinajstić information content (AvgIpc) is 2.61. The van der Waals surface area contributed by atoms with E-state index >= 15 is 0 Å². The van der Waals surface area contributed by atoms with Gasteiger partial charge in [0.05, 0.1) is 17.7 Å². The van der Waals surface area contributed by atoms with Crippen LogP contribution in [-0.2, 0) is 4.79 Å². The fraction of sp³-hybridized carbons (Fsp3) is 0.263. The molecule has 0 radical (unpaired) electrons. The molecule has 0 saturated heterocycles. The zero-order valence-corrected chi connectivity index (χ0v) is 15.0. The first-order valence-electron chi connectivity index (χ1n) is 7.81. The van der Waals surface area contributed by atoms with Crippen molar-refractivity contribution in [2.24, 2.45) is 0 Å². The van der Waals surface area contributed by atoms with E-state index in [-0.39, 0.29) is 18.6 Å². The normalized spacial score (nSPS) is 11.6. The van der Waals surface area contributed by atoms with Crippen molar-refractivity contribution in [3.05, 3.63) is 64.7 Å². The molecule has 0 aliphatic heterocycles. The number of ether oxygens (including phenoxy) is 1. The van der Waals surface area contributed by atoms with Gasteiger partial charge in [-0.05, 0) is 50.0 Å². The first-order valence-corrected chi connectivity index (χ1v) is 8.19. The van der Waals surface area contributed by atoms with Crippen molar-refractivity contribution < 1.29 is 9.53 Å². The third-order valence-corrected chi connectivity index (χ3v) is 4.08. The summed E-state index contributed by atoms with van der Waals surface area (Å²) in [7, 11) is 3.88. The topological polar surface area (TPSA) is 65.4 Å². The molecular formula is C19H20ClN3O2. The van der Waals surface area contributed by atoms with Crippen molar-refractivity contribution in [3.63, 3.8) is 0 Å². The van der Waals surface area contributed by atoms with Gasteiger partial charge in [0, 0.05) is 11.6 Å². The lowest BCUT2D eigenvalue weighted by Crippen LogP contribution is -2.37. The second-order valence-corrected chi connectivity index (χ2v) is 6.14. The fourth-order valence-corrected chi connectivity index (χ4v) is 2.61. The standard InChI is InChI=1S/C19H20ClN3O2/c1-23(2)18(16-5-3-4-6-17(16)20)12-22-19(24)13-25-15-9-7-14(11-21)8-10-15/h3-10,18H,12-13H2,1-2H3,(H,22,24). The van der Waals surface area contributed by atoms with Crippen LogP contribution in [0.15, 0.2) is 48.5 Å². The number of nitriles is 1. The molecule has 2 aromatic carbocycles. The van der Waals surface area contributed by atoms with Crippen LogP contribution in [0, 0.1) is 11.3 Å². The summed E-state index contributed by atoms with van der Waals surface area (Å²) in [6, 6.07) is 16.2. The van der Waals surface area contributed by atoms with Gasteiger partial charge < -0.3 is 15.0 Å². The largest absolute Gasteiger partial charge is 0.484 e. The smallest absolute Gasteiger partial charge is 0.258 e. The van der Waals surface area contributed by atoms with Crippen LogP contribution in [0.1, 0.15) is 17.2 Å². The molecule has 130 valence electrons. The maximum absolute atomic E-state index is 12.0. The Kier molecular flexibility index (Phi) is 6.81. The minimum Gasteiger partial charge on any atom is -0.484 e. The van der Waals surface area contributed by atoms with Crippen molar-refractivity contribution in [2.45, 2.75) is 6.04 Å². The molecule has 2 rings (SSSR count). The first kappa shape index (κ1) is 18.8. The predicted octanol–water partition coefficient (Wildman–Crippen LogP) is 3.01. The van der Waals surface area contributed by atoms with Crippen LogP contribution in [-0.4, -0.2) is 38.1 Å². The highest BCUT2D eigenvalue weighted by molar-refractivity contribution is 6.31. The number of rotatable bonds is 7. The van der Waals surface area contributed by atoms with Crippen LogP contribution in [0.3, 0.4) is 0 Å². The number of amides is 1. The predicted molar refractivity (Wildman–Crippen MR) is 97.5 cm³/mol. The molecule has 0 saturated carbocycles. The van der Waals surface area contributed by atoms with E-state index in [1.54, 1.807) is 24.3 Å². The summed E-state index contributed by atoms with van der Waals surface area (Å²) in [5, 5.41) is 12.3. The zero-order valence-electron chi connectivity index (χ0n) is 14.2. The lowest BCUT2D eigenvalue weighted by Gasteiger charge is -2.26. The number of nitrogens with one attached hydrogen (secondary N) is 1. The van der Waals surface area contributed by atoms with Crippen LogP contribution >= 0.6 is 11.6 Å². The Labute approximate surface area is 152 Å². The molecule has 1 N–H and O–H groups in total. The van der Waals surface area contributed by atoms with Crippen molar-refractivity contribution in [1.82, 2.24) is 10.2 Å². The van der Waals surface area contributed by atoms with Gasteiger partial charge >= 0.3 is 0 Å². The van der Waals surface area contributed by atoms with Gasteiger partial charge in [-0.2, -0.15) is 5.26 Å². The summed E-state index contributed by atoms with van der Waals surface area (Å²) >= 11 is 6.26. The van der Waals surface area contributed by atoms with E-state index < -0.39 is 0 Å². The SMILES string of the molecule is CN(C)C(CNC(=O)COc1ccc(C#N)cc1)c1ccccc1Cl. The quantitative estimate of drug-likeness (QED) is 0.827. The summed E-state index contributed by atoms with van der Waals surface area (Å²) in [6.45, 7) is 0.334. The summed E-state index contributed by atoms with van der Waals surface area (Å²) in [6.07, 6.45) is 0. The number of hydrogen-bond acceptors (Lipinski definition) is 4. The van der Waals surface area contributed by atoms with Gasteiger partial charge in [-0.1, -0.05) is 29.8 Å². The molecule has 1 amide bonds. The van der Waals surface area contributed by atoms with Crippen LogP contribution in [0.2, 0.25) is 5.02 Å². The van der Waals surface area contributed by atoms with Crippen molar-refractivity contribution in [3.8, 4) is 11.8 Å². The Balaban J connectivity index is 1.88. The van der Waals surface area contributed by atoms with Gasteiger partial charge in [-0.15, -0.1) is 0 Å². The van der Waals surface area contributed by atoms with E-state index in [1.807, 2.05) is 49.3 Å². The molecule has 0 aliphatic rings. The zero-order chi connectivity index (χ0) is 18.2. The van der Waals surface area contributed by atoms with E-state index in [0.29, 0.717) is 22.9 Å². The molecule has 1 unspecified atom stereocenters. The number of carbonyl (C=O) groups is 1. The second-order valence-electron chi connectivity index (χ2n) is 5.73. The lowest BCUT2D eigenvalue weighted by molar-refractivity contribution is -0.123. The lowest BCUT2D eigenvalue weighted by atomic mass is 10.1. The molecule has 25 heavy (non-hydrogen) atoms. The Morgan fingerprint density at radius 1 is 1.24 bits per heavy atom. The van der Waals surface area contributed by atoms with Gasteiger partial charge in [0.1, 0.15) is 5.75 Å². The molecule has 0 aromatic heterocycles. The molecule has 0 heterocycles. The highest BCUT2D eigenvalue weighted by atomic mass is 35.5. The number of benzene rings is 2. The summed E-state index contributed by atoms with van der Waals surface area (Å²) in [5.41, 5.74) is 1.51. The van der Waals surface area contributed by atoms with Crippen molar-refractivity contribution in [1.29, 1.82) is 5.26 Å². The number of likely N-dealkylation sites (N-methyl/N-ethyl adjacent to an activating group) is 1. The summed E-state index contributed by atoms with van der Waals surface area (Å²) < 4.78 is 5.43. The van der Waals surface area contributed by atoms with Crippen LogP contribution in [0.25, 0.3) is 0 Å². The Hall–Kier alpha value is -2.55. The van der Waals surface area contributed by atoms with Gasteiger partial charge in [-0.25, -0.2) is 0 Å². The van der Waals surface area contributed by atoms with Gasteiger partial charge in [0.25, 0.3) is 5.91 Å².